The number of hydrogen-bond acceptors (Lipinski definition) is 2. The second kappa shape index (κ2) is 6.89. The number of nitrogens with one attached hydrogen (secondary N) is 2. The van der Waals surface area contributed by atoms with Crippen molar-refractivity contribution in [3.63, 3.8) is 0 Å². The van der Waals surface area contributed by atoms with Crippen LogP contribution in [0.25, 0.3) is 0 Å². The van der Waals surface area contributed by atoms with Crippen molar-refractivity contribution in [3.05, 3.63) is 34.9 Å². The second-order valence-electron chi connectivity index (χ2n) is 6.58. The maximum Gasteiger partial charge on any atom is 0.221 e. The van der Waals surface area contributed by atoms with Gasteiger partial charge in [0.25, 0.3) is 0 Å². The fourth-order valence-electron chi connectivity index (χ4n) is 2.22. The van der Waals surface area contributed by atoms with Crippen molar-refractivity contribution in [2.24, 2.45) is 0 Å². The predicted octanol–water partition coefficient (Wildman–Crippen LogP) is 3.26. The number of carbonyl (C=O) groups excluding carboxylic acids is 1. The summed E-state index contributed by atoms with van der Waals surface area (Å²) in [7, 11) is 0. The van der Waals surface area contributed by atoms with Gasteiger partial charge in [0.2, 0.25) is 5.91 Å². The van der Waals surface area contributed by atoms with Crippen molar-refractivity contribution in [2.75, 3.05) is 6.54 Å². The standard InChI is InChI=1S/C17H28N2O/c1-12-7-8-13(2)15(11-12)14(3)18-10-9-16(20)19-17(4,5)6/h7-8,11,14,18H,9-10H2,1-6H3,(H,19,20). The Bertz CT molecular complexity index is 461. The highest BCUT2D eigenvalue weighted by Gasteiger charge is 2.14. The third-order valence-electron chi connectivity index (χ3n) is 3.22. The summed E-state index contributed by atoms with van der Waals surface area (Å²) in [4.78, 5) is 11.7. The molecular weight excluding hydrogens is 248 g/mol. The zero-order valence-corrected chi connectivity index (χ0v) is 13.6. The van der Waals surface area contributed by atoms with Crippen molar-refractivity contribution in [2.45, 2.75) is 59.5 Å². The van der Waals surface area contributed by atoms with Gasteiger partial charge in [0.05, 0.1) is 0 Å². The van der Waals surface area contributed by atoms with Gasteiger partial charge in [0.15, 0.2) is 0 Å². The molecule has 112 valence electrons. The molecule has 2 N–H and O–H groups in total. The zero-order chi connectivity index (χ0) is 15.3. The van der Waals surface area contributed by atoms with E-state index in [9.17, 15) is 4.79 Å². The Morgan fingerprint density at radius 1 is 1.25 bits per heavy atom. The third kappa shape index (κ3) is 5.74. The van der Waals surface area contributed by atoms with E-state index in [1.807, 2.05) is 20.8 Å². The van der Waals surface area contributed by atoms with Crippen LogP contribution in [0.15, 0.2) is 18.2 Å². The van der Waals surface area contributed by atoms with Gasteiger partial charge >= 0.3 is 0 Å². The molecule has 0 fully saturated rings. The number of hydrogen-bond donors (Lipinski definition) is 2. The first-order chi connectivity index (χ1) is 9.19. The minimum atomic E-state index is -0.157. The van der Waals surface area contributed by atoms with E-state index in [2.05, 4.69) is 49.6 Å². The molecule has 0 radical (unpaired) electrons. The van der Waals surface area contributed by atoms with E-state index in [0.29, 0.717) is 13.0 Å². The van der Waals surface area contributed by atoms with E-state index in [1.165, 1.54) is 16.7 Å². The average molecular weight is 276 g/mol. The van der Waals surface area contributed by atoms with Crippen molar-refractivity contribution in [1.82, 2.24) is 10.6 Å². The number of carbonyl (C=O) groups is 1. The lowest BCUT2D eigenvalue weighted by Gasteiger charge is -2.21. The maximum atomic E-state index is 11.7. The summed E-state index contributed by atoms with van der Waals surface area (Å²) in [6.45, 7) is 13.1. The lowest BCUT2D eigenvalue weighted by Crippen LogP contribution is -2.41. The summed E-state index contributed by atoms with van der Waals surface area (Å²) in [6.07, 6.45) is 0.506. The first-order valence-corrected chi connectivity index (χ1v) is 7.30. The van der Waals surface area contributed by atoms with Gasteiger partial charge in [-0.3, -0.25) is 4.79 Å². The van der Waals surface area contributed by atoms with E-state index in [0.717, 1.165) is 0 Å². The topological polar surface area (TPSA) is 41.1 Å². The van der Waals surface area contributed by atoms with Crippen LogP contribution in [0, 0.1) is 13.8 Å². The van der Waals surface area contributed by atoms with Crippen LogP contribution in [0.2, 0.25) is 0 Å². The summed E-state index contributed by atoms with van der Waals surface area (Å²) in [5.41, 5.74) is 3.70. The van der Waals surface area contributed by atoms with Gasteiger partial charge in [-0.05, 0) is 52.7 Å². The summed E-state index contributed by atoms with van der Waals surface area (Å²) in [5, 5.41) is 6.40. The highest BCUT2D eigenvalue weighted by atomic mass is 16.1. The van der Waals surface area contributed by atoms with Gasteiger partial charge in [-0.25, -0.2) is 0 Å². The van der Waals surface area contributed by atoms with Crippen molar-refractivity contribution in [3.8, 4) is 0 Å². The molecule has 1 unspecified atom stereocenters. The molecule has 3 heteroatoms. The molecule has 0 aliphatic carbocycles. The highest BCUT2D eigenvalue weighted by Crippen LogP contribution is 2.18. The van der Waals surface area contributed by atoms with Gasteiger partial charge in [0.1, 0.15) is 0 Å². The van der Waals surface area contributed by atoms with Crippen molar-refractivity contribution >= 4 is 5.91 Å². The molecule has 3 nitrogen and oxygen atoms in total. The molecule has 0 bridgehead atoms. The Morgan fingerprint density at radius 3 is 2.50 bits per heavy atom. The molecule has 0 heterocycles. The number of rotatable bonds is 5. The van der Waals surface area contributed by atoms with Crippen LogP contribution in [0.5, 0.6) is 0 Å². The Labute approximate surface area is 123 Å². The summed E-state index contributed by atoms with van der Waals surface area (Å²) >= 11 is 0. The Balaban J connectivity index is 2.46. The lowest BCUT2D eigenvalue weighted by molar-refractivity contribution is -0.122. The fraction of sp³-hybridized carbons (Fsp3) is 0.588. The molecule has 0 saturated heterocycles. The smallest absolute Gasteiger partial charge is 0.221 e. The first kappa shape index (κ1) is 16.7. The molecule has 20 heavy (non-hydrogen) atoms. The molecule has 1 aromatic rings. The van der Waals surface area contributed by atoms with Crippen LogP contribution >= 0.6 is 0 Å². The van der Waals surface area contributed by atoms with Crippen molar-refractivity contribution < 1.29 is 4.79 Å². The van der Waals surface area contributed by atoms with Crippen LogP contribution in [0.3, 0.4) is 0 Å². The molecular formula is C17H28N2O. The fourth-order valence-corrected chi connectivity index (χ4v) is 2.22. The van der Waals surface area contributed by atoms with E-state index in [4.69, 9.17) is 0 Å². The largest absolute Gasteiger partial charge is 0.351 e. The summed E-state index contributed by atoms with van der Waals surface area (Å²) in [5.74, 6) is 0.0955. The molecule has 0 aliphatic heterocycles. The quantitative estimate of drug-likeness (QED) is 0.866. The average Bonchev–Trinajstić information content (AvgIpc) is 2.29. The monoisotopic (exact) mass is 276 g/mol. The van der Waals surface area contributed by atoms with Crippen LogP contribution < -0.4 is 10.6 Å². The Hall–Kier alpha value is -1.35. The molecule has 0 saturated carbocycles. The Kier molecular flexibility index (Phi) is 5.75. The third-order valence-corrected chi connectivity index (χ3v) is 3.22. The van der Waals surface area contributed by atoms with Gasteiger partial charge in [-0.1, -0.05) is 23.8 Å². The minimum Gasteiger partial charge on any atom is -0.351 e. The van der Waals surface area contributed by atoms with Gasteiger partial charge in [-0.2, -0.15) is 0 Å². The molecule has 1 atom stereocenters. The molecule has 1 rings (SSSR count). The number of benzene rings is 1. The molecule has 0 aliphatic rings. The summed E-state index contributed by atoms with van der Waals surface area (Å²) < 4.78 is 0. The van der Waals surface area contributed by atoms with Crippen LogP contribution in [-0.4, -0.2) is 18.0 Å². The van der Waals surface area contributed by atoms with Gasteiger partial charge < -0.3 is 10.6 Å². The lowest BCUT2D eigenvalue weighted by atomic mass is 10.00. The first-order valence-electron chi connectivity index (χ1n) is 7.30. The van der Waals surface area contributed by atoms with E-state index in [1.54, 1.807) is 0 Å². The molecule has 1 aromatic carbocycles. The number of amides is 1. The molecule has 0 spiro atoms. The molecule has 1 amide bonds. The minimum absolute atomic E-state index is 0.0955. The van der Waals surface area contributed by atoms with Crippen molar-refractivity contribution in [1.29, 1.82) is 0 Å². The van der Waals surface area contributed by atoms with Gasteiger partial charge in [0, 0.05) is 24.5 Å². The number of aryl methyl sites for hydroxylation is 2. The predicted molar refractivity (Wildman–Crippen MR) is 84.8 cm³/mol. The summed E-state index contributed by atoms with van der Waals surface area (Å²) in [6, 6.07) is 6.75. The highest BCUT2D eigenvalue weighted by molar-refractivity contribution is 5.76. The van der Waals surface area contributed by atoms with E-state index in [-0.39, 0.29) is 17.5 Å². The SMILES string of the molecule is Cc1ccc(C)c(C(C)NCCC(=O)NC(C)(C)C)c1. The maximum absolute atomic E-state index is 11.7. The van der Waals surface area contributed by atoms with E-state index >= 15 is 0 Å². The van der Waals surface area contributed by atoms with E-state index < -0.39 is 0 Å². The molecule has 0 aromatic heterocycles. The van der Waals surface area contributed by atoms with Crippen LogP contribution in [0.1, 0.15) is 56.8 Å². The zero-order valence-electron chi connectivity index (χ0n) is 13.6. The van der Waals surface area contributed by atoms with Gasteiger partial charge in [-0.15, -0.1) is 0 Å². The Morgan fingerprint density at radius 2 is 1.90 bits per heavy atom. The van der Waals surface area contributed by atoms with Crippen LogP contribution in [0.4, 0.5) is 0 Å². The normalized spacial score (nSPS) is 13.1. The van der Waals surface area contributed by atoms with Crippen LogP contribution in [-0.2, 0) is 4.79 Å². The second-order valence-corrected chi connectivity index (χ2v) is 6.58.